The van der Waals surface area contributed by atoms with Crippen molar-refractivity contribution < 1.29 is 18.1 Å². The number of aromatic nitrogens is 1. The first kappa shape index (κ1) is 17.9. The normalized spacial score (nSPS) is 11.5. The zero-order valence-corrected chi connectivity index (χ0v) is 14.9. The van der Waals surface area contributed by atoms with Crippen molar-refractivity contribution >= 4 is 48.3 Å². The fourth-order valence-electron chi connectivity index (χ4n) is 2.25. The molecule has 26 heavy (non-hydrogen) atoms. The zero-order chi connectivity index (χ0) is 19.1. The first-order valence-corrected chi connectivity index (χ1v) is 9.51. The number of thiazole rings is 1. The maximum atomic E-state index is 12.3. The van der Waals surface area contributed by atoms with Crippen LogP contribution in [0.25, 0.3) is 10.2 Å². The molecule has 2 aromatic carbocycles. The van der Waals surface area contributed by atoms with E-state index in [1.807, 2.05) is 0 Å². The minimum atomic E-state index is -3.84. The summed E-state index contributed by atoms with van der Waals surface area (Å²) < 4.78 is 23.3. The predicted octanol–water partition coefficient (Wildman–Crippen LogP) is 2.41. The highest BCUT2D eigenvalue weighted by Gasteiger charge is 2.17. The molecule has 0 spiro atoms. The SMILES string of the molecule is Cc1ccc(C(=O)Nc2nc3ccc(S(N)(=O)=O)cc3s2)cc1[N+](=O)[O-]. The molecule has 11 heteroatoms. The van der Waals surface area contributed by atoms with Gasteiger partial charge in [-0.15, -0.1) is 0 Å². The highest BCUT2D eigenvalue weighted by Crippen LogP contribution is 2.28. The largest absolute Gasteiger partial charge is 0.298 e. The molecule has 0 aliphatic carbocycles. The van der Waals surface area contributed by atoms with E-state index in [4.69, 9.17) is 5.14 Å². The van der Waals surface area contributed by atoms with Gasteiger partial charge in [-0.05, 0) is 31.2 Å². The van der Waals surface area contributed by atoms with E-state index < -0.39 is 20.9 Å². The highest BCUT2D eigenvalue weighted by atomic mass is 32.2. The summed E-state index contributed by atoms with van der Waals surface area (Å²) in [5.41, 5.74) is 0.904. The quantitative estimate of drug-likeness (QED) is 0.515. The molecule has 9 nitrogen and oxygen atoms in total. The Kier molecular flexibility index (Phi) is 4.44. The third-order valence-electron chi connectivity index (χ3n) is 3.58. The van der Waals surface area contributed by atoms with Crippen LogP contribution in [0.5, 0.6) is 0 Å². The van der Waals surface area contributed by atoms with Gasteiger partial charge in [0.25, 0.3) is 11.6 Å². The average molecular weight is 392 g/mol. The summed E-state index contributed by atoms with van der Waals surface area (Å²) in [4.78, 5) is 26.9. The number of anilines is 1. The van der Waals surface area contributed by atoms with Gasteiger partial charge < -0.3 is 0 Å². The maximum Gasteiger partial charge on any atom is 0.273 e. The number of amides is 1. The van der Waals surface area contributed by atoms with E-state index in [0.717, 1.165) is 11.3 Å². The van der Waals surface area contributed by atoms with Crippen molar-refractivity contribution in [2.24, 2.45) is 5.14 Å². The van der Waals surface area contributed by atoms with E-state index in [9.17, 15) is 23.3 Å². The molecule has 1 heterocycles. The molecule has 0 bridgehead atoms. The van der Waals surface area contributed by atoms with Crippen molar-refractivity contribution in [3.8, 4) is 0 Å². The standard InChI is InChI=1S/C15H12N4O5S2/c1-8-2-3-9(6-12(8)19(21)22)14(20)18-15-17-11-5-4-10(26(16,23)24)7-13(11)25-15/h2-7H,1H3,(H2,16,23,24)(H,17,18,20). The van der Waals surface area contributed by atoms with Crippen LogP contribution in [0.3, 0.4) is 0 Å². The monoisotopic (exact) mass is 392 g/mol. The lowest BCUT2D eigenvalue weighted by atomic mass is 10.1. The van der Waals surface area contributed by atoms with Crippen molar-refractivity contribution in [2.75, 3.05) is 5.32 Å². The van der Waals surface area contributed by atoms with Gasteiger partial charge in [0.2, 0.25) is 10.0 Å². The van der Waals surface area contributed by atoms with Gasteiger partial charge in [0.15, 0.2) is 5.13 Å². The number of nitro groups is 1. The van der Waals surface area contributed by atoms with Gasteiger partial charge in [-0.2, -0.15) is 0 Å². The van der Waals surface area contributed by atoms with Crippen LogP contribution in [0.2, 0.25) is 0 Å². The summed E-state index contributed by atoms with van der Waals surface area (Å²) in [7, 11) is -3.84. The number of carbonyl (C=O) groups excluding carboxylic acids is 1. The van der Waals surface area contributed by atoms with Crippen molar-refractivity contribution in [3.05, 3.63) is 57.6 Å². The lowest BCUT2D eigenvalue weighted by molar-refractivity contribution is -0.385. The van der Waals surface area contributed by atoms with Crippen LogP contribution in [0, 0.1) is 17.0 Å². The van der Waals surface area contributed by atoms with E-state index in [1.54, 1.807) is 6.92 Å². The second-order valence-electron chi connectivity index (χ2n) is 5.41. The molecular formula is C15H12N4O5S2. The van der Waals surface area contributed by atoms with E-state index in [0.29, 0.717) is 15.8 Å². The third-order valence-corrected chi connectivity index (χ3v) is 5.42. The van der Waals surface area contributed by atoms with Crippen LogP contribution in [0.1, 0.15) is 15.9 Å². The molecule has 3 aromatic rings. The number of rotatable bonds is 4. The van der Waals surface area contributed by atoms with Crippen molar-refractivity contribution in [1.82, 2.24) is 4.98 Å². The predicted molar refractivity (Wildman–Crippen MR) is 96.8 cm³/mol. The molecule has 0 atom stereocenters. The summed E-state index contributed by atoms with van der Waals surface area (Å²) in [5.74, 6) is -0.557. The zero-order valence-electron chi connectivity index (χ0n) is 13.3. The first-order chi connectivity index (χ1) is 12.1. The van der Waals surface area contributed by atoms with E-state index >= 15 is 0 Å². The third kappa shape index (κ3) is 3.54. The van der Waals surface area contributed by atoms with Gasteiger partial charge in [-0.3, -0.25) is 20.2 Å². The van der Waals surface area contributed by atoms with Crippen LogP contribution in [0.15, 0.2) is 41.3 Å². The van der Waals surface area contributed by atoms with Gasteiger partial charge >= 0.3 is 0 Å². The lowest BCUT2D eigenvalue weighted by Crippen LogP contribution is -2.12. The van der Waals surface area contributed by atoms with Gasteiger partial charge in [0.05, 0.1) is 20.0 Å². The molecule has 0 fully saturated rings. The number of fused-ring (bicyclic) bond motifs is 1. The molecule has 3 N–H and O–H groups in total. The highest BCUT2D eigenvalue weighted by molar-refractivity contribution is 7.89. The Morgan fingerprint density at radius 2 is 2.00 bits per heavy atom. The van der Waals surface area contributed by atoms with Crippen molar-refractivity contribution in [1.29, 1.82) is 0 Å². The molecule has 0 saturated heterocycles. The van der Waals surface area contributed by atoms with E-state index in [1.165, 1.54) is 36.4 Å². The molecule has 3 rings (SSSR count). The average Bonchev–Trinajstić information content (AvgIpc) is 2.95. The second-order valence-corrected chi connectivity index (χ2v) is 8.00. The number of nitrogens with zero attached hydrogens (tertiary/aromatic N) is 2. The summed E-state index contributed by atoms with van der Waals surface area (Å²) in [5, 5.41) is 18.9. The molecule has 134 valence electrons. The van der Waals surface area contributed by atoms with Gasteiger partial charge in [0.1, 0.15) is 0 Å². The minimum absolute atomic E-state index is 0.0549. The Balaban J connectivity index is 1.90. The molecular weight excluding hydrogens is 380 g/mol. The summed E-state index contributed by atoms with van der Waals surface area (Å²) >= 11 is 1.07. The minimum Gasteiger partial charge on any atom is -0.298 e. The summed E-state index contributed by atoms with van der Waals surface area (Å²) in [6.07, 6.45) is 0. The van der Waals surface area contributed by atoms with Crippen LogP contribution in [-0.4, -0.2) is 24.2 Å². The Labute approximate surface area is 151 Å². The Morgan fingerprint density at radius 3 is 2.65 bits per heavy atom. The van der Waals surface area contributed by atoms with E-state index in [-0.39, 0.29) is 21.3 Å². The number of hydrogen-bond acceptors (Lipinski definition) is 7. The molecule has 1 aromatic heterocycles. The number of benzene rings is 2. The van der Waals surface area contributed by atoms with Crippen LogP contribution in [-0.2, 0) is 10.0 Å². The number of aryl methyl sites for hydroxylation is 1. The van der Waals surface area contributed by atoms with Crippen molar-refractivity contribution in [2.45, 2.75) is 11.8 Å². The number of primary sulfonamides is 1. The molecule has 1 amide bonds. The smallest absolute Gasteiger partial charge is 0.273 e. The topological polar surface area (TPSA) is 145 Å². The Hall–Kier alpha value is -2.89. The van der Waals surface area contributed by atoms with Crippen molar-refractivity contribution in [3.63, 3.8) is 0 Å². The van der Waals surface area contributed by atoms with Crippen LogP contribution >= 0.6 is 11.3 Å². The number of nitro benzene ring substituents is 1. The number of hydrogen-bond donors (Lipinski definition) is 2. The molecule has 0 aliphatic heterocycles. The van der Waals surface area contributed by atoms with Gasteiger partial charge in [-0.25, -0.2) is 18.5 Å². The number of sulfonamides is 1. The fourth-order valence-corrected chi connectivity index (χ4v) is 3.77. The lowest BCUT2D eigenvalue weighted by Gasteiger charge is -2.03. The molecule has 0 radical (unpaired) electrons. The summed E-state index contributed by atoms with van der Waals surface area (Å²) in [6, 6.07) is 8.34. The number of carbonyl (C=O) groups is 1. The van der Waals surface area contributed by atoms with Crippen LogP contribution in [0.4, 0.5) is 10.8 Å². The van der Waals surface area contributed by atoms with Gasteiger partial charge in [0, 0.05) is 17.2 Å². The van der Waals surface area contributed by atoms with Crippen LogP contribution < -0.4 is 10.5 Å². The molecule has 0 saturated carbocycles. The number of nitrogens with one attached hydrogen (secondary N) is 1. The molecule has 0 unspecified atom stereocenters. The fraction of sp³-hybridized carbons (Fsp3) is 0.0667. The Morgan fingerprint density at radius 1 is 1.27 bits per heavy atom. The van der Waals surface area contributed by atoms with Gasteiger partial charge in [-0.1, -0.05) is 17.4 Å². The first-order valence-electron chi connectivity index (χ1n) is 7.15. The summed E-state index contributed by atoms with van der Waals surface area (Å²) in [6.45, 7) is 1.58. The molecule has 0 aliphatic rings. The second kappa shape index (κ2) is 6.44. The number of nitrogens with two attached hydrogens (primary N) is 1. The maximum absolute atomic E-state index is 12.3. The Bertz CT molecular complexity index is 1150. The van der Waals surface area contributed by atoms with E-state index in [2.05, 4.69) is 10.3 Å².